The molecule has 0 spiro atoms. The lowest BCUT2D eigenvalue weighted by Crippen LogP contribution is -2.33. The standard InChI is InChI=1S/C28H25FN4O2S/c1-17-8-6-10-20(29)25(17)31-27(34)23-16-18-14-15-33(22-12-5-4-9-19(22)26(18)36-23)28(35)21-11-7-13-24(30-21)32(2)3/h4-13,16H,14-15H2,1-3H3,(H,31,34). The molecule has 5 rings (SSSR count). The molecule has 3 heterocycles. The van der Waals surface area contributed by atoms with Crippen LogP contribution in [0.15, 0.2) is 66.7 Å². The highest BCUT2D eigenvalue weighted by Gasteiger charge is 2.28. The van der Waals surface area contributed by atoms with Crippen LogP contribution in [-0.2, 0) is 6.42 Å². The van der Waals surface area contributed by atoms with Gasteiger partial charge < -0.3 is 15.1 Å². The van der Waals surface area contributed by atoms with Gasteiger partial charge in [-0.2, -0.15) is 0 Å². The molecule has 4 aromatic rings. The van der Waals surface area contributed by atoms with Crippen LogP contribution in [0.2, 0.25) is 0 Å². The number of hydrogen-bond acceptors (Lipinski definition) is 5. The molecule has 6 nitrogen and oxygen atoms in total. The summed E-state index contributed by atoms with van der Waals surface area (Å²) in [5.41, 5.74) is 3.86. The first-order valence-electron chi connectivity index (χ1n) is 11.6. The summed E-state index contributed by atoms with van der Waals surface area (Å²) in [4.78, 5) is 36.2. The Morgan fingerprint density at radius 1 is 1.06 bits per heavy atom. The van der Waals surface area contributed by atoms with Crippen molar-refractivity contribution in [3.05, 3.63) is 94.2 Å². The zero-order valence-corrected chi connectivity index (χ0v) is 21.0. The zero-order chi connectivity index (χ0) is 25.4. The fourth-order valence-electron chi connectivity index (χ4n) is 4.31. The maximum absolute atomic E-state index is 14.3. The lowest BCUT2D eigenvalue weighted by molar-refractivity contribution is 0.0981. The SMILES string of the molecule is Cc1cccc(F)c1NC(=O)c1cc2c(s1)-c1ccccc1N(C(=O)c1cccc(N(C)C)n1)CC2. The molecular weight excluding hydrogens is 475 g/mol. The Morgan fingerprint density at radius 2 is 1.83 bits per heavy atom. The lowest BCUT2D eigenvalue weighted by atomic mass is 10.1. The van der Waals surface area contributed by atoms with Gasteiger partial charge in [-0.25, -0.2) is 9.37 Å². The molecule has 0 aliphatic carbocycles. The zero-order valence-electron chi connectivity index (χ0n) is 20.2. The van der Waals surface area contributed by atoms with Gasteiger partial charge in [-0.1, -0.05) is 36.4 Å². The summed E-state index contributed by atoms with van der Waals surface area (Å²) in [6.07, 6.45) is 0.575. The highest BCUT2D eigenvalue weighted by atomic mass is 32.1. The number of aromatic nitrogens is 1. The van der Waals surface area contributed by atoms with Crippen LogP contribution in [-0.4, -0.2) is 37.4 Å². The average molecular weight is 501 g/mol. The van der Waals surface area contributed by atoms with Crippen molar-refractivity contribution in [2.24, 2.45) is 0 Å². The van der Waals surface area contributed by atoms with Crippen molar-refractivity contribution in [2.45, 2.75) is 13.3 Å². The van der Waals surface area contributed by atoms with E-state index < -0.39 is 5.82 Å². The van der Waals surface area contributed by atoms with E-state index in [9.17, 15) is 14.0 Å². The Bertz CT molecular complexity index is 1460. The highest BCUT2D eigenvalue weighted by molar-refractivity contribution is 7.17. The Morgan fingerprint density at radius 3 is 2.61 bits per heavy atom. The number of amides is 2. The maximum atomic E-state index is 14.3. The molecule has 182 valence electrons. The minimum absolute atomic E-state index is 0.172. The second-order valence-electron chi connectivity index (χ2n) is 8.85. The molecule has 0 saturated heterocycles. The number of para-hydroxylation sites is 2. The van der Waals surface area contributed by atoms with E-state index in [-0.39, 0.29) is 17.5 Å². The van der Waals surface area contributed by atoms with E-state index >= 15 is 0 Å². The fourth-order valence-corrected chi connectivity index (χ4v) is 5.45. The topological polar surface area (TPSA) is 65.5 Å². The van der Waals surface area contributed by atoms with E-state index in [0.29, 0.717) is 34.9 Å². The number of rotatable bonds is 4. The largest absolute Gasteiger partial charge is 0.363 e. The number of fused-ring (bicyclic) bond motifs is 3. The summed E-state index contributed by atoms with van der Waals surface area (Å²) in [6, 6.07) is 19.7. The van der Waals surface area contributed by atoms with Crippen LogP contribution >= 0.6 is 11.3 Å². The number of nitrogens with one attached hydrogen (secondary N) is 1. The number of nitrogens with zero attached hydrogens (tertiary/aromatic N) is 3. The number of anilines is 3. The predicted octanol–water partition coefficient (Wildman–Crippen LogP) is 5.78. The Hall–Kier alpha value is -4.04. The molecule has 0 bridgehead atoms. The van der Waals surface area contributed by atoms with Crippen LogP contribution < -0.4 is 15.1 Å². The van der Waals surface area contributed by atoms with Gasteiger partial charge in [-0.3, -0.25) is 9.59 Å². The van der Waals surface area contributed by atoms with Gasteiger partial charge in [-0.05, 0) is 54.8 Å². The summed E-state index contributed by atoms with van der Waals surface area (Å²) in [7, 11) is 3.77. The molecule has 0 unspecified atom stereocenters. The number of hydrogen-bond donors (Lipinski definition) is 1. The number of carbonyl (C=O) groups excluding carboxylic acids is 2. The van der Waals surface area contributed by atoms with Gasteiger partial charge in [0.25, 0.3) is 11.8 Å². The Balaban J connectivity index is 1.48. The van der Waals surface area contributed by atoms with E-state index in [1.807, 2.05) is 61.5 Å². The van der Waals surface area contributed by atoms with E-state index in [1.54, 1.807) is 30.0 Å². The molecule has 1 N–H and O–H groups in total. The van der Waals surface area contributed by atoms with Gasteiger partial charge in [0.15, 0.2) is 0 Å². The quantitative estimate of drug-likeness (QED) is 0.386. The highest BCUT2D eigenvalue weighted by Crippen LogP contribution is 2.42. The first-order chi connectivity index (χ1) is 17.3. The van der Waals surface area contributed by atoms with Gasteiger partial charge in [-0.15, -0.1) is 11.3 Å². The number of thiophene rings is 1. The van der Waals surface area contributed by atoms with Crippen LogP contribution in [0, 0.1) is 12.7 Å². The van der Waals surface area contributed by atoms with E-state index in [2.05, 4.69) is 10.3 Å². The van der Waals surface area contributed by atoms with Gasteiger partial charge in [0.2, 0.25) is 0 Å². The lowest BCUT2D eigenvalue weighted by Gasteiger charge is -2.23. The average Bonchev–Trinajstić information content (AvgIpc) is 3.24. The first kappa shape index (κ1) is 23.7. The van der Waals surface area contributed by atoms with Gasteiger partial charge in [0.05, 0.1) is 16.3 Å². The predicted molar refractivity (Wildman–Crippen MR) is 143 cm³/mol. The van der Waals surface area contributed by atoms with Crippen molar-refractivity contribution in [3.8, 4) is 10.4 Å². The molecule has 0 saturated carbocycles. The van der Waals surface area contributed by atoms with Crippen molar-refractivity contribution in [2.75, 3.05) is 35.8 Å². The minimum Gasteiger partial charge on any atom is -0.363 e. The molecular formula is C28H25FN4O2S. The molecule has 2 aromatic heterocycles. The Labute approximate surface area is 213 Å². The number of benzene rings is 2. The third-order valence-electron chi connectivity index (χ3n) is 6.19. The molecule has 0 atom stereocenters. The molecule has 36 heavy (non-hydrogen) atoms. The van der Waals surface area contributed by atoms with E-state index in [1.165, 1.54) is 17.4 Å². The van der Waals surface area contributed by atoms with Gasteiger partial charge in [0, 0.05) is 31.1 Å². The fraction of sp³-hybridized carbons (Fsp3) is 0.179. The summed E-state index contributed by atoms with van der Waals surface area (Å²) in [6.45, 7) is 2.20. The van der Waals surface area contributed by atoms with Crippen molar-refractivity contribution >= 4 is 40.3 Å². The van der Waals surface area contributed by atoms with Crippen LogP contribution in [0.4, 0.5) is 21.6 Å². The number of halogens is 1. The van der Waals surface area contributed by atoms with Crippen molar-refractivity contribution in [1.82, 2.24) is 4.98 Å². The summed E-state index contributed by atoms with van der Waals surface area (Å²) >= 11 is 1.35. The maximum Gasteiger partial charge on any atom is 0.276 e. The third kappa shape index (κ3) is 4.35. The third-order valence-corrected chi connectivity index (χ3v) is 7.40. The first-order valence-corrected chi connectivity index (χ1v) is 12.4. The Kier molecular flexibility index (Phi) is 6.28. The molecule has 0 radical (unpaired) electrons. The van der Waals surface area contributed by atoms with Crippen molar-refractivity contribution in [3.63, 3.8) is 0 Å². The minimum atomic E-state index is -0.465. The summed E-state index contributed by atoms with van der Waals surface area (Å²) in [5, 5.41) is 2.73. The molecule has 8 heteroatoms. The van der Waals surface area contributed by atoms with Crippen LogP contribution in [0.1, 0.15) is 31.3 Å². The number of carbonyl (C=O) groups is 2. The number of aryl methyl sites for hydroxylation is 1. The van der Waals surface area contributed by atoms with E-state index in [4.69, 9.17) is 0 Å². The summed E-state index contributed by atoms with van der Waals surface area (Å²) < 4.78 is 14.3. The molecule has 2 amide bonds. The van der Waals surface area contributed by atoms with Crippen molar-refractivity contribution in [1.29, 1.82) is 0 Å². The van der Waals surface area contributed by atoms with E-state index in [0.717, 1.165) is 21.7 Å². The normalized spacial score (nSPS) is 12.4. The molecule has 0 fully saturated rings. The second-order valence-corrected chi connectivity index (χ2v) is 9.90. The smallest absolute Gasteiger partial charge is 0.276 e. The van der Waals surface area contributed by atoms with Gasteiger partial charge >= 0.3 is 0 Å². The van der Waals surface area contributed by atoms with Crippen LogP contribution in [0.3, 0.4) is 0 Å². The van der Waals surface area contributed by atoms with Crippen LogP contribution in [0.5, 0.6) is 0 Å². The second kappa shape index (κ2) is 9.54. The van der Waals surface area contributed by atoms with Gasteiger partial charge in [0.1, 0.15) is 17.3 Å². The van der Waals surface area contributed by atoms with Crippen LogP contribution in [0.25, 0.3) is 10.4 Å². The monoisotopic (exact) mass is 500 g/mol. The molecule has 1 aliphatic rings. The molecule has 1 aliphatic heterocycles. The molecule has 2 aromatic carbocycles. The number of pyridine rings is 1. The van der Waals surface area contributed by atoms with Crippen molar-refractivity contribution < 1.29 is 14.0 Å². The summed E-state index contributed by atoms with van der Waals surface area (Å²) in [5.74, 6) is -0.276.